The van der Waals surface area contributed by atoms with Crippen LogP contribution in [0.2, 0.25) is 0 Å². The predicted octanol–water partition coefficient (Wildman–Crippen LogP) is 6.11. The van der Waals surface area contributed by atoms with Crippen molar-refractivity contribution >= 4 is 45.0 Å². The number of carbonyl (C=O) groups is 3. The molecule has 1 atom stereocenters. The summed E-state index contributed by atoms with van der Waals surface area (Å²) in [6, 6.07) is 16.2. The molecular formula is C30H29N3O4S. The standard InChI is InChI=1S/C30H29N3O4S/c1-19-9-14-24-26(16-19)38-28(31-24)20-10-12-22(13-11-20)33-27(34)17-25(30(33)36)32(18-23-8-5-15-37-23)29(35)21-6-3-2-4-7-21/h5,8-16,21,25H,2-4,6-7,17-18H2,1H3. The number of amides is 3. The minimum absolute atomic E-state index is 0.0308. The van der Waals surface area contributed by atoms with Crippen LogP contribution in [0.25, 0.3) is 20.8 Å². The van der Waals surface area contributed by atoms with Gasteiger partial charge in [0.15, 0.2) is 0 Å². The number of hydrogen-bond donors (Lipinski definition) is 0. The topological polar surface area (TPSA) is 83.7 Å². The molecule has 194 valence electrons. The first-order valence-corrected chi connectivity index (χ1v) is 14.0. The van der Waals surface area contributed by atoms with E-state index in [1.165, 1.54) is 10.5 Å². The van der Waals surface area contributed by atoms with Crippen molar-refractivity contribution in [3.63, 3.8) is 0 Å². The molecule has 1 unspecified atom stereocenters. The lowest BCUT2D eigenvalue weighted by Gasteiger charge is -2.32. The molecule has 2 aromatic carbocycles. The van der Waals surface area contributed by atoms with Crippen LogP contribution < -0.4 is 4.90 Å². The van der Waals surface area contributed by atoms with Crippen molar-refractivity contribution in [1.82, 2.24) is 9.88 Å². The van der Waals surface area contributed by atoms with Gasteiger partial charge in [-0.2, -0.15) is 0 Å². The first-order valence-electron chi connectivity index (χ1n) is 13.2. The van der Waals surface area contributed by atoms with Gasteiger partial charge in [0.2, 0.25) is 11.8 Å². The lowest BCUT2D eigenvalue weighted by Crippen LogP contribution is -2.47. The van der Waals surface area contributed by atoms with Gasteiger partial charge < -0.3 is 9.32 Å². The molecule has 3 amide bonds. The van der Waals surface area contributed by atoms with Crippen LogP contribution in [0.5, 0.6) is 0 Å². The molecule has 1 aliphatic heterocycles. The maximum atomic E-state index is 13.6. The lowest BCUT2D eigenvalue weighted by molar-refractivity contribution is -0.143. The molecule has 2 aromatic heterocycles. The monoisotopic (exact) mass is 527 g/mol. The van der Waals surface area contributed by atoms with Gasteiger partial charge in [-0.05, 0) is 73.9 Å². The van der Waals surface area contributed by atoms with E-state index in [0.29, 0.717) is 11.4 Å². The zero-order valence-electron chi connectivity index (χ0n) is 21.3. The number of benzene rings is 2. The van der Waals surface area contributed by atoms with Crippen LogP contribution in [-0.2, 0) is 20.9 Å². The summed E-state index contributed by atoms with van der Waals surface area (Å²) in [5.74, 6) is -0.246. The second-order valence-corrected chi connectivity index (χ2v) is 11.2. The number of rotatable bonds is 6. The molecule has 1 aliphatic carbocycles. The predicted molar refractivity (Wildman–Crippen MR) is 147 cm³/mol. The van der Waals surface area contributed by atoms with Crippen molar-refractivity contribution in [3.05, 3.63) is 72.2 Å². The maximum Gasteiger partial charge on any atom is 0.257 e. The van der Waals surface area contributed by atoms with E-state index in [4.69, 9.17) is 9.40 Å². The zero-order chi connectivity index (χ0) is 26.2. The fourth-order valence-corrected chi connectivity index (χ4v) is 6.60. The van der Waals surface area contributed by atoms with Crippen LogP contribution in [-0.4, -0.2) is 33.6 Å². The summed E-state index contributed by atoms with van der Waals surface area (Å²) >= 11 is 1.61. The van der Waals surface area contributed by atoms with Gasteiger partial charge in [-0.1, -0.05) is 25.3 Å². The summed E-state index contributed by atoms with van der Waals surface area (Å²) in [4.78, 5) is 47.9. The summed E-state index contributed by atoms with van der Waals surface area (Å²) in [7, 11) is 0. The average Bonchev–Trinajstić information content (AvgIpc) is 3.66. The highest BCUT2D eigenvalue weighted by molar-refractivity contribution is 7.21. The molecule has 7 nitrogen and oxygen atoms in total. The highest BCUT2D eigenvalue weighted by atomic mass is 32.1. The number of thiazole rings is 1. The molecule has 0 spiro atoms. The SMILES string of the molecule is Cc1ccc2nc(-c3ccc(N4C(=O)CC(N(Cc5ccco5)C(=O)C5CCCCC5)C4=O)cc3)sc2c1. The van der Waals surface area contributed by atoms with Crippen molar-refractivity contribution in [2.24, 2.45) is 5.92 Å². The Bertz CT molecular complexity index is 1490. The third kappa shape index (κ3) is 4.65. The third-order valence-electron chi connectivity index (χ3n) is 7.56. The summed E-state index contributed by atoms with van der Waals surface area (Å²) in [5.41, 5.74) is 3.57. The van der Waals surface area contributed by atoms with Crippen molar-refractivity contribution in [1.29, 1.82) is 0 Å². The highest BCUT2D eigenvalue weighted by Gasteiger charge is 2.45. The Balaban J connectivity index is 1.25. The molecule has 0 N–H and O–H groups in total. The number of carbonyl (C=O) groups excluding carboxylic acids is 3. The highest BCUT2D eigenvalue weighted by Crippen LogP contribution is 2.34. The Morgan fingerprint density at radius 3 is 2.61 bits per heavy atom. The minimum Gasteiger partial charge on any atom is -0.467 e. The fourth-order valence-electron chi connectivity index (χ4n) is 5.54. The van der Waals surface area contributed by atoms with Crippen LogP contribution in [0.15, 0.2) is 65.3 Å². The number of fused-ring (bicyclic) bond motifs is 1. The van der Waals surface area contributed by atoms with Crippen LogP contribution in [0, 0.1) is 12.8 Å². The molecule has 6 rings (SSSR count). The first-order chi connectivity index (χ1) is 18.5. The first kappa shape index (κ1) is 24.6. The smallest absolute Gasteiger partial charge is 0.257 e. The number of nitrogens with zero attached hydrogens (tertiary/aromatic N) is 3. The molecule has 2 aliphatic rings. The summed E-state index contributed by atoms with van der Waals surface area (Å²) < 4.78 is 6.63. The second-order valence-electron chi connectivity index (χ2n) is 10.2. The van der Waals surface area contributed by atoms with Crippen LogP contribution in [0.4, 0.5) is 5.69 Å². The normalized spacial score (nSPS) is 18.4. The van der Waals surface area contributed by atoms with Crippen molar-refractivity contribution in [2.75, 3.05) is 4.90 Å². The van der Waals surface area contributed by atoms with E-state index >= 15 is 0 Å². The number of aromatic nitrogens is 1. The zero-order valence-corrected chi connectivity index (χ0v) is 22.1. The van der Waals surface area contributed by atoms with E-state index in [9.17, 15) is 14.4 Å². The molecular weight excluding hydrogens is 498 g/mol. The lowest BCUT2D eigenvalue weighted by atomic mass is 9.88. The van der Waals surface area contributed by atoms with Crippen LogP contribution in [0.3, 0.4) is 0 Å². The van der Waals surface area contributed by atoms with E-state index < -0.39 is 6.04 Å². The molecule has 4 aromatic rings. The third-order valence-corrected chi connectivity index (χ3v) is 8.63. The van der Waals surface area contributed by atoms with Gasteiger partial charge in [0.25, 0.3) is 5.91 Å². The fraction of sp³-hybridized carbons (Fsp3) is 0.333. The molecule has 38 heavy (non-hydrogen) atoms. The Labute approximate surface area is 225 Å². The van der Waals surface area contributed by atoms with Gasteiger partial charge >= 0.3 is 0 Å². The molecule has 8 heteroatoms. The molecule has 1 saturated carbocycles. The van der Waals surface area contributed by atoms with E-state index in [-0.39, 0.29) is 36.6 Å². The van der Waals surface area contributed by atoms with Gasteiger partial charge in [-0.15, -0.1) is 11.3 Å². The number of aryl methyl sites for hydroxylation is 1. The molecule has 2 fully saturated rings. The van der Waals surface area contributed by atoms with Gasteiger partial charge in [0.05, 0.1) is 35.1 Å². The summed E-state index contributed by atoms with van der Waals surface area (Å²) in [6.45, 7) is 2.24. The van der Waals surface area contributed by atoms with Crippen LogP contribution >= 0.6 is 11.3 Å². The van der Waals surface area contributed by atoms with Gasteiger partial charge in [0.1, 0.15) is 16.8 Å². The molecule has 0 bridgehead atoms. The summed E-state index contributed by atoms with van der Waals surface area (Å²) in [5, 5.41) is 0.886. The van der Waals surface area contributed by atoms with E-state index in [1.807, 2.05) is 24.3 Å². The quantitative estimate of drug-likeness (QED) is 0.283. The Morgan fingerprint density at radius 2 is 1.87 bits per heavy atom. The Kier molecular flexibility index (Phi) is 6.57. The van der Waals surface area contributed by atoms with E-state index in [1.54, 1.807) is 46.8 Å². The minimum atomic E-state index is -0.839. The van der Waals surface area contributed by atoms with Gasteiger partial charge in [0, 0.05) is 11.5 Å². The average molecular weight is 528 g/mol. The Hall–Kier alpha value is -3.78. The maximum absolute atomic E-state index is 13.6. The number of imide groups is 1. The van der Waals surface area contributed by atoms with Crippen molar-refractivity contribution in [3.8, 4) is 10.6 Å². The Morgan fingerprint density at radius 1 is 1.08 bits per heavy atom. The van der Waals surface area contributed by atoms with Gasteiger partial charge in [-0.25, -0.2) is 9.88 Å². The number of anilines is 1. The largest absolute Gasteiger partial charge is 0.467 e. The molecule has 1 saturated heterocycles. The molecule has 3 heterocycles. The van der Waals surface area contributed by atoms with Crippen LogP contribution in [0.1, 0.15) is 49.8 Å². The van der Waals surface area contributed by atoms with Gasteiger partial charge in [-0.3, -0.25) is 14.4 Å². The second kappa shape index (κ2) is 10.2. The molecule has 0 radical (unpaired) electrons. The van der Waals surface area contributed by atoms with Crippen molar-refractivity contribution < 1.29 is 18.8 Å². The van der Waals surface area contributed by atoms with E-state index in [2.05, 4.69) is 13.0 Å². The van der Waals surface area contributed by atoms with E-state index in [0.717, 1.165) is 52.9 Å². The number of hydrogen-bond acceptors (Lipinski definition) is 6. The van der Waals surface area contributed by atoms with Crippen molar-refractivity contribution in [2.45, 2.75) is 58.0 Å². The summed E-state index contributed by atoms with van der Waals surface area (Å²) in [6.07, 6.45) is 6.31. The number of furan rings is 1.